The van der Waals surface area contributed by atoms with E-state index in [1.807, 2.05) is 20.8 Å². The number of carbonyl (C=O) groups excluding carboxylic acids is 1. The standard InChI is InChI=1S/C11H18O/c1-8(2)9-6-5-7-10(12)11(9,3)4/h9H,1,5-7H2,2-4H3. The van der Waals surface area contributed by atoms with Gasteiger partial charge < -0.3 is 0 Å². The first kappa shape index (κ1) is 9.50. The first-order chi connectivity index (χ1) is 5.46. The average Bonchev–Trinajstić information content (AvgIpc) is 1.94. The van der Waals surface area contributed by atoms with Gasteiger partial charge in [0.1, 0.15) is 5.78 Å². The van der Waals surface area contributed by atoms with E-state index in [2.05, 4.69) is 6.58 Å². The number of rotatable bonds is 1. The van der Waals surface area contributed by atoms with Crippen molar-refractivity contribution in [2.24, 2.45) is 11.3 Å². The van der Waals surface area contributed by atoms with Crippen LogP contribution in [0.15, 0.2) is 12.2 Å². The van der Waals surface area contributed by atoms with Crippen molar-refractivity contribution in [1.82, 2.24) is 0 Å². The van der Waals surface area contributed by atoms with Crippen LogP contribution < -0.4 is 0 Å². The van der Waals surface area contributed by atoms with E-state index in [4.69, 9.17) is 0 Å². The molecule has 0 aromatic carbocycles. The summed E-state index contributed by atoms with van der Waals surface area (Å²) >= 11 is 0. The van der Waals surface area contributed by atoms with E-state index < -0.39 is 0 Å². The van der Waals surface area contributed by atoms with Crippen molar-refractivity contribution in [1.29, 1.82) is 0 Å². The minimum absolute atomic E-state index is 0.163. The Morgan fingerprint density at radius 1 is 1.58 bits per heavy atom. The fraction of sp³-hybridized carbons (Fsp3) is 0.727. The van der Waals surface area contributed by atoms with Gasteiger partial charge in [-0.25, -0.2) is 0 Å². The van der Waals surface area contributed by atoms with E-state index in [0.717, 1.165) is 24.8 Å². The summed E-state index contributed by atoms with van der Waals surface area (Å²) in [6, 6.07) is 0. The fourth-order valence-electron chi connectivity index (χ4n) is 2.21. The molecule has 68 valence electrons. The molecule has 1 heteroatoms. The molecular formula is C11H18O. The summed E-state index contributed by atoms with van der Waals surface area (Å²) in [5, 5.41) is 0. The molecule has 0 N–H and O–H groups in total. The lowest BCUT2D eigenvalue weighted by molar-refractivity contribution is -0.131. The van der Waals surface area contributed by atoms with Gasteiger partial charge in [0, 0.05) is 11.8 Å². The highest BCUT2D eigenvalue weighted by atomic mass is 16.1. The number of carbonyl (C=O) groups is 1. The SMILES string of the molecule is C=C(C)C1CCCC(=O)C1(C)C. The highest BCUT2D eigenvalue weighted by molar-refractivity contribution is 5.85. The third kappa shape index (κ3) is 1.45. The van der Waals surface area contributed by atoms with E-state index in [-0.39, 0.29) is 5.41 Å². The van der Waals surface area contributed by atoms with E-state index in [9.17, 15) is 4.79 Å². The Kier molecular flexibility index (Phi) is 2.41. The van der Waals surface area contributed by atoms with Crippen LogP contribution in [-0.2, 0) is 4.79 Å². The zero-order valence-electron chi connectivity index (χ0n) is 8.31. The van der Waals surface area contributed by atoms with Gasteiger partial charge in [0.2, 0.25) is 0 Å². The number of ketones is 1. The third-order valence-corrected chi connectivity index (χ3v) is 3.08. The van der Waals surface area contributed by atoms with Gasteiger partial charge in [-0.15, -0.1) is 0 Å². The molecule has 1 aliphatic rings. The van der Waals surface area contributed by atoms with Gasteiger partial charge in [-0.2, -0.15) is 0 Å². The molecule has 0 spiro atoms. The maximum Gasteiger partial charge on any atom is 0.139 e. The van der Waals surface area contributed by atoms with Crippen molar-refractivity contribution in [2.75, 3.05) is 0 Å². The van der Waals surface area contributed by atoms with Crippen LogP contribution in [0.3, 0.4) is 0 Å². The Labute approximate surface area is 74.9 Å². The van der Waals surface area contributed by atoms with Crippen molar-refractivity contribution < 1.29 is 4.79 Å². The van der Waals surface area contributed by atoms with Crippen LogP contribution >= 0.6 is 0 Å². The van der Waals surface area contributed by atoms with E-state index in [0.29, 0.717) is 11.7 Å². The summed E-state index contributed by atoms with van der Waals surface area (Å²) in [5.74, 6) is 0.806. The molecule has 1 aliphatic carbocycles. The lowest BCUT2D eigenvalue weighted by atomic mass is 9.66. The summed E-state index contributed by atoms with van der Waals surface area (Å²) in [4.78, 5) is 11.6. The highest BCUT2D eigenvalue weighted by Gasteiger charge is 2.39. The zero-order valence-corrected chi connectivity index (χ0v) is 8.31. The summed E-state index contributed by atoms with van der Waals surface area (Å²) in [6.07, 6.45) is 2.94. The maximum absolute atomic E-state index is 11.6. The molecule has 0 bridgehead atoms. The molecule has 0 radical (unpaired) electrons. The van der Waals surface area contributed by atoms with Crippen LogP contribution in [0.4, 0.5) is 0 Å². The fourth-order valence-corrected chi connectivity index (χ4v) is 2.21. The molecule has 1 nitrogen and oxygen atoms in total. The minimum atomic E-state index is -0.163. The van der Waals surface area contributed by atoms with Gasteiger partial charge in [-0.05, 0) is 25.7 Å². The van der Waals surface area contributed by atoms with E-state index >= 15 is 0 Å². The minimum Gasteiger partial charge on any atom is -0.299 e. The van der Waals surface area contributed by atoms with Crippen molar-refractivity contribution in [3.63, 3.8) is 0 Å². The maximum atomic E-state index is 11.6. The molecule has 0 saturated heterocycles. The lowest BCUT2D eigenvalue weighted by Crippen LogP contribution is -2.37. The van der Waals surface area contributed by atoms with Crippen LogP contribution in [-0.4, -0.2) is 5.78 Å². The van der Waals surface area contributed by atoms with Gasteiger partial charge >= 0.3 is 0 Å². The third-order valence-electron chi connectivity index (χ3n) is 3.08. The van der Waals surface area contributed by atoms with Crippen LogP contribution in [0.25, 0.3) is 0 Å². The van der Waals surface area contributed by atoms with Gasteiger partial charge in [0.05, 0.1) is 0 Å². The monoisotopic (exact) mass is 166 g/mol. The Balaban J connectivity index is 2.86. The second kappa shape index (κ2) is 3.04. The average molecular weight is 166 g/mol. The highest BCUT2D eigenvalue weighted by Crippen LogP contribution is 2.41. The van der Waals surface area contributed by atoms with Crippen LogP contribution in [0.5, 0.6) is 0 Å². The van der Waals surface area contributed by atoms with Gasteiger partial charge in [-0.3, -0.25) is 4.79 Å². The van der Waals surface area contributed by atoms with Crippen molar-refractivity contribution in [2.45, 2.75) is 40.0 Å². The summed E-state index contributed by atoms with van der Waals surface area (Å²) < 4.78 is 0. The number of hydrogen-bond donors (Lipinski definition) is 0. The quantitative estimate of drug-likeness (QED) is 0.547. The van der Waals surface area contributed by atoms with E-state index in [1.54, 1.807) is 0 Å². The lowest BCUT2D eigenvalue weighted by Gasteiger charge is -2.37. The number of hydrogen-bond acceptors (Lipinski definition) is 1. The molecule has 1 unspecified atom stereocenters. The molecule has 0 aromatic rings. The predicted octanol–water partition coefficient (Wildman–Crippen LogP) is 2.96. The largest absolute Gasteiger partial charge is 0.299 e. The predicted molar refractivity (Wildman–Crippen MR) is 50.9 cm³/mol. The molecular weight excluding hydrogens is 148 g/mol. The molecule has 0 aliphatic heterocycles. The summed E-state index contributed by atoms with van der Waals surface area (Å²) in [7, 11) is 0. The molecule has 0 amide bonds. The molecule has 0 heterocycles. The van der Waals surface area contributed by atoms with Crippen molar-refractivity contribution in [3.8, 4) is 0 Å². The molecule has 0 aromatic heterocycles. The smallest absolute Gasteiger partial charge is 0.139 e. The Morgan fingerprint density at radius 3 is 2.58 bits per heavy atom. The van der Waals surface area contributed by atoms with Crippen LogP contribution in [0.1, 0.15) is 40.0 Å². The van der Waals surface area contributed by atoms with Gasteiger partial charge in [-0.1, -0.05) is 26.0 Å². The second-order valence-electron chi connectivity index (χ2n) is 4.44. The normalized spacial score (nSPS) is 28.6. The molecule has 1 saturated carbocycles. The molecule has 1 rings (SSSR count). The topological polar surface area (TPSA) is 17.1 Å². The molecule has 1 fully saturated rings. The second-order valence-corrected chi connectivity index (χ2v) is 4.44. The Bertz CT molecular complexity index is 213. The number of allylic oxidation sites excluding steroid dienone is 1. The summed E-state index contributed by atoms with van der Waals surface area (Å²) in [6.45, 7) is 10.1. The molecule has 12 heavy (non-hydrogen) atoms. The van der Waals surface area contributed by atoms with Crippen molar-refractivity contribution >= 4 is 5.78 Å². The number of Topliss-reactive ketones (excluding diaryl/α,β-unsaturated/α-hetero) is 1. The van der Waals surface area contributed by atoms with Gasteiger partial charge in [0.25, 0.3) is 0 Å². The van der Waals surface area contributed by atoms with Crippen LogP contribution in [0.2, 0.25) is 0 Å². The Morgan fingerprint density at radius 2 is 2.17 bits per heavy atom. The first-order valence-electron chi connectivity index (χ1n) is 4.65. The van der Waals surface area contributed by atoms with Crippen LogP contribution in [0, 0.1) is 11.3 Å². The van der Waals surface area contributed by atoms with Crippen molar-refractivity contribution in [3.05, 3.63) is 12.2 Å². The summed E-state index contributed by atoms with van der Waals surface area (Å²) in [5.41, 5.74) is 0.998. The first-order valence-corrected chi connectivity index (χ1v) is 4.65. The zero-order chi connectivity index (χ0) is 9.35. The molecule has 1 atom stereocenters. The Hall–Kier alpha value is -0.590. The van der Waals surface area contributed by atoms with Gasteiger partial charge in [0.15, 0.2) is 0 Å². The van der Waals surface area contributed by atoms with E-state index in [1.165, 1.54) is 0 Å².